The molecule has 126 valence electrons. The molecule has 0 bridgehead atoms. The largest absolute Gasteiger partial charge is 0.422 e. The van der Waals surface area contributed by atoms with Crippen LogP contribution < -0.4 is 10.5 Å². The van der Waals surface area contributed by atoms with Crippen molar-refractivity contribution >= 4 is 28.4 Å². The van der Waals surface area contributed by atoms with Gasteiger partial charge in [0.15, 0.2) is 0 Å². The van der Waals surface area contributed by atoms with Gasteiger partial charge in [0, 0.05) is 30.2 Å². The van der Waals surface area contributed by atoms with E-state index in [-0.39, 0.29) is 0 Å². The zero-order chi connectivity index (χ0) is 17.8. The Bertz CT molecular complexity index is 996. The fourth-order valence-corrected chi connectivity index (χ4v) is 2.85. The zero-order valence-electron chi connectivity index (χ0n) is 14.2. The summed E-state index contributed by atoms with van der Waals surface area (Å²) in [6, 6.07) is 14.5. The van der Waals surface area contributed by atoms with E-state index in [2.05, 4.69) is 23.7 Å². The van der Waals surface area contributed by atoms with Crippen LogP contribution in [-0.4, -0.2) is 19.2 Å². The summed E-state index contributed by atoms with van der Waals surface area (Å²) in [6.07, 6.45) is 1.49. The minimum Gasteiger partial charge on any atom is -0.422 e. The average molecular weight is 334 g/mol. The number of fused-ring (bicyclic) bond motifs is 1. The third-order valence-corrected chi connectivity index (χ3v) is 4.20. The van der Waals surface area contributed by atoms with Gasteiger partial charge in [-0.1, -0.05) is 12.1 Å². The van der Waals surface area contributed by atoms with Crippen molar-refractivity contribution in [2.75, 3.05) is 18.0 Å². The number of hydrogen-bond acceptors (Lipinski definition) is 5. The molecular formula is C20H18N2O3. The van der Waals surface area contributed by atoms with Gasteiger partial charge in [0.05, 0.1) is 11.3 Å². The molecule has 0 radical (unpaired) electrons. The summed E-state index contributed by atoms with van der Waals surface area (Å²) in [7, 11) is 0. The molecule has 0 aliphatic carbocycles. The first-order valence-corrected chi connectivity index (χ1v) is 8.17. The molecule has 0 spiro atoms. The number of benzene rings is 2. The quantitative estimate of drug-likeness (QED) is 0.397. The van der Waals surface area contributed by atoms with Crippen LogP contribution in [0.3, 0.4) is 0 Å². The number of anilines is 1. The lowest BCUT2D eigenvalue weighted by molar-refractivity contribution is 0.563. The maximum absolute atomic E-state index is 12.4. The van der Waals surface area contributed by atoms with Crippen LogP contribution in [0.4, 0.5) is 11.4 Å². The Morgan fingerprint density at radius 1 is 1.04 bits per heavy atom. The van der Waals surface area contributed by atoms with Crippen LogP contribution in [0.1, 0.15) is 13.8 Å². The van der Waals surface area contributed by atoms with Crippen LogP contribution in [0.2, 0.25) is 0 Å². The molecular weight excluding hydrogens is 316 g/mol. The van der Waals surface area contributed by atoms with Crippen LogP contribution in [0.25, 0.3) is 22.1 Å². The van der Waals surface area contributed by atoms with Crippen molar-refractivity contribution in [1.82, 2.24) is 0 Å². The number of carbonyl (C=O) groups excluding carboxylic acids is 1. The summed E-state index contributed by atoms with van der Waals surface area (Å²) in [5.41, 5.74) is 2.89. The highest BCUT2D eigenvalue weighted by Crippen LogP contribution is 2.26. The first-order valence-electron chi connectivity index (χ1n) is 8.17. The van der Waals surface area contributed by atoms with Gasteiger partial charge < -0.3 is 9.32 Å². The molecule has 1 aromatic heterocycles. The highest BCUT2D eigenvalue weighted by atomic mass is 16.4. The summed E-state index contributed by atoms with van der Waals surface area (Å²) in [5.74, 6) is 0. The Balaban J connectivity index is 2.06. The Labute approximate surface area is 145 Å². The second-order valence-electron chi connectivity index (χ2n) is 5.59. The number of hydrogen-bond donors (Lipinski definition) is 0. The van der Waals surface area contributed by atoms with E-state index in [9.17, 15) is 9.59 Å². The van der Waals surface area contributed by atoms with Crippen LogP contribution in [0, 0.1) is 0 Å². The highest BCUT2D eigenvalue weighted by molar-refractivity contribution is 5.84. The van der Waals surface area contributed by atoms with E-state index < -0.39 is 5.63 Å². The Kier molecular flexibility index (Phi) is 4.78. The Morgan fingerprint density at radius 2 is 1.76 bits per heavy atom. The van der Waals surface area contributed by atoms with E-state index in [0.29, 0.717) is 22.4 Å². The van der Waals surface area contributed by atoms with Crippen LogP contribution in [-0.2, 0) is 4.79 Å². The van der Waals surface area contributed by atoms with Gasteiger partial charge in [-0.2, -0.15) is 4.99 Å². The molecule has 0 saturated heterocycles. The third-order valence-electron chi connectivity index (χ3n) is 4.20. The maximum Gasteiger partial charge on any atom is 0.344 e. The SMILES string of the molecule is CCN(CC)c1ccc2cc(-c3ccc(N=C=O)cc3)c(=O)oc2c1. The van der Waals surface area contributed by atoms with Gasteiger partial charge >= 0.3 is 5.63 Å². The van der Waals surface area contributed by atoms with Crippen LogP contribution >= 0.6 is 0 Å². The monoisotopic (exact) mass is 334 g/mol. The van der Waals surface area contributed by atoms with E-state index in [0.717, 1.165) is 24.2 Å². The first kappa shape index (κ1) is 16.7. The van der Waals surface area contributed by atoms with E-state index in [1.54, 1.807) is 24.3 Å². The first-order chi connectivity index (χ1) is 12.2. The minimum absolute atomic E-state index is 0.393. The van der Waals surface area contributed by atoms with E-state index in [4.69, 9.17) is 4.42 Å². The molecule has 0 aliphatic rings. The number of nitrogens with zero attached hydrogens (tertiary/aromatic N) is 2. The van der Waals surface area contributed by atoms with Gasteiger partial charge in [-0.25, -0.2) is 9.59 Å². The normalized spacial score (nSPS) is 10.5. The molecule has 1 heterocycles. The highest BCUT2D eigenvalue weighted by Gasteiger charge is 2.10. The summed E-state index contributed by atoms with van der Waals surface area (Å²) in [4.78, 5) is 28.4. The maximum atomic E-state index is 12.4. The van der Waals surface area contributed by atoms with Crippen LogP contribution in [0.15, 0.2) is 62.7 Å². The lowest BCUT2D eigenvalue weighted by Gasteiger charge is -2.21. The molecule has 3 aromatic rings. The number of rotatable bonds is 5. The molecule has 5 nitrogen and oxygen atoms in total. The molecule has 0 unspecified atom stereocenters. The number of aliphatic imine (C=N–C) groups is 1. The zero-order valence-corrected chi connectivity index (χ0v) is 14.2. The van der Waals surface area contributed by atoms with Gasteiger partial charge in [0.2, 0.25) is 6.08 Å². The molecule has 3 rings (SSSR count). The molecule has 0 atom stereocenters. The Hall–Kier alpha value is -3.17. The fourth-order valence-electron chi connectivity index (χ4n) is 2.85. The van der Waals surface area contributed by atoms with Crippen molar-refractivity contribution in [2.45, 2.75) is 13.8 Å². The van der Waals surface area contributed by atoms with Gasteiger partial charge in [-0.15, -0.1) is 0 Å². The second kappa shape index (κ2) is 7.16. The third kappa shape index (κ3) is 3.37. The lowest BCUT2D eigenvalue weighted by Crippen LogP contribution is -2.21. The van der Waals surface area contributed by atoms with Crippen molar-refractivity contribution in [1.29, 1.82) is 0 Å². The molecule has 0 saturated carbocycles. The van der Waals surface area contributed by atoms with Gasteiger partial charge in [0.25, 0.3) is 0 Å². The van der Waals surface area contributed by atoms with Gasteiger partial charge in [0.1, 0.15) is 5.58 Å². The predicted octanol–water partition coefficient (Wildman–Crippen LogP) is 4.27. The summed E-state index contributed by atoms with van der Waals surface area (Å²) in [6.45, 7) is 5.95. The van der Waals surface area contributed by atoms with Gasteiger partial charge in [-0.3, -0.25) is 0 Å². The van der Waals surface area contributed by atoms with Crippen molar-refractivity contribution in [2.24, 2.45) is 4.99 Å². The molecule has 0 N–H and O–H groups in total. The van der Waals surface area contributed by atoms with E-state index in [1.165, 1.54) is 6.08 Å². The lowest BCUT2D eigenvalue weighted by atomic mass is 10.1. The van der Waals surface area contributed by atoms with Gasteiger partial charge in [-0.05, 0) is 49.7 Å². The smallest absolute Gasteiger partial charge is 0.344 e. The molecule has 5 heteroatoms. The standard InChI is InChI=1S/C20H18N2O3/c1-3-22(4-2)17-10-7-15-11-18(20(24)25-19(15)12-17)14-5-8-16(9-6-14)21-13-23/h5-12H,3-4H2,1-2H3. The molecule has 2 aromatic carbocycles. The Morgan fingerprint density at radius 3 is 2.40 bits per heavy atom. The molecule has 0 amide bonds. The second-order valence-corrected chi connectivity index (χ2v) is 5.59. The summed E-state index contributed by atoms with van der Waals surface area (Å²) < 4.78 is 5.54. The molecule has 0 fully saturated rings. The fraction of sp³-hybridized carbons (Fsp3) is 0.200. The van der Waals surface area contributed by atoms with Crippen molar-refractivity contribution in [3.05, 3.63) is 59.0 Å². The van der Waals surface area contributed by atoms with Crippen molar-refractivity contribution in [3.63, 3.8) is 0 Å². The average Bonchev–Trinajstić information content (AvgIpc) is 2.63. The summed E-state index contributed by atoms with van der Waals surface area (Å²) >= 11 is 0. The predicted molar refractivity (Wildman–Crippen MR) is 99.3 cm³/mol. The van der Waals surface area contributed by atoms with E-state index >= 15 is 0 Å². The molecule has 0 aliphatic heterocycles. The minimum atomic E-state index is -0.393. The van der Waals surface area contributed by atoms with Crippen LogP contribution in [0.5, 0.6) is 0 Å². The number of isocyanates is 1. The summed E-state index contributed by atoms with van der Waals surface area (Å²) in [5, 5.41) is 0.862. The van der Waals surface area contributed by atoms with Crippen molar-refractivity contribution < 1.29 is 9.21 Å². The van der Waals surface area contributed by atoms with E-state index in [1.807, 2.05) is 24.3 Å². The topological polar surface area (TPSA) is 62.9 Å². The molecule has 25 heavy (non-hydrogen) atoms. The van der Waals surface area contributed by atoms with Crippen molar-refractivity contribution in [3.8, 4) is 11.1 Å².